The second kappa shape index (κ2) is 6.04. The summed E-state index contributed by atoms with van der Waals surface area (Å²) >= 11 is 0. The predicted molar refractivity (Wildman–Crippen MR) is 77.9 cm³/mol. The number of H-pyrrole nitrogens is 1. The van der Waals surface area contributed by atoms with Crippen LogP contribution < -0.4 is 10.2 Å². The van der Waals surface area contributed by atoms with Gasteiger partial charge < -0.3 is 20.3 Å². The lowest BCUT2D eigenvalue weighted by Crippen LogP contribution is -2.26. The van der Waals surface area contributed by atoms with Crippen molar-refractivity contribution in [3.63, 3.8) is 0 Å². The van der Waals surface area contributed by atoms with Gasteiger partial charge in [0.2, 0.25) is 5.95 Å². The van der Waals surface area contributed by atoms with Gasteiger partial charge in [-0.3, -0.25) is 0 Å². The molecular formula is C13H20N6O. The summed E-state index contributed by atoms with van der Waals surface area (Å²) in [5.41, 5.74) is 1.56. The molecule has 2 aromatic heterocycles. The van der Waals surface area contributed by atoms with Crippen molar-refractivity contribution in [2.45, 2.75) is 25.7 Å². The fourth-order valence-corrected chi connectivity index (χ4v) is 2.58. The van der Waals surface area contributed by atoms with E-state index in [1.54, 1.807) is 6.33 Å². The second-order valence-electron chi connectivity index (χ2n) is 5.02. The molecule has 1 aliphatic heterocycles. The number of imidazole rings is 1. The Kier molecular flexibility index (Phi) is 3.96. The molecule has 7 heteroatoms. The summed E-state index contributed by atoms with van der Waals surface area (Å²) in [6, 6.07) is 0. The molecule has 108 valence electrons. The Hall–Kier alpha value is -1.89. The van der Waals surface area contributed by atoms with Crippen molar-refractivity contribution in [1.82, 2.24) is 19.9 Å². The smallest absolute Gasteiger partial charge is 0.226 e. The molecule has 3 heterocycles. The molecular weight excluding hydrogens is 256 g/mol. The van der Waals surface area contributed by atoms with E-state index in [0.717, 1.165) is 24.4 Å². The lowest BCUT2D eigenvalue weighted by Gasteiger charge is -2.22. The van der Waals surface area contributed by atoms with Crippen LogP contribution in [-0.4, -0.2) is 51.3 Å². The van der Waals surface area contributed by atoms with Gasteiger partial charge in [0.15, 0.2) is 11.5 Å². The molecule has 0 aliphatic carbocycles. The van der Waals surface area contributed by atoms with Crippen molar-refractivity contribution < 1.29 is 5.11 Å². The number of nitrogens with one attached hydrogen (secondary N) is 2. The number of nitrogens with zero attached hydrogens (tertiary/aromatic N) is 4. The van der Waals surface area contributed by atoms with Crippen molar-refractivity contribution in [3.05, 3.63) is 6.33 Å². The number of aromatic amines is 1. The molecule has 0 bridgehead atoms. The van der Waals surface area contributed by atoms with Crippen LogP contribution in [0.3, 0.4) is 0 Å². The summed E-state index contributed by atoms with van der Waals surface area (Å²) in [7, 11) is 0. The van der Waals surface area contributed by atoms with Gasteiger partial charge in [0, 0.05) is 19.6 Å². The maximum Gasteiger partial charge on any atom is 0.226 e. The molecule has 1 fully saturated rings. The first-order chi connectivity index (χ1) is 9.88. The highest BCUT2D eigenvalue weighted by atomic mass is 16.3. The zero-order valence-corrected chi connectivity index (χ0v) is 11.5. The van der Waals surface area contributed by atoms with Gasteiger partial charge in [0.1, 0.15) is 5.52 Å². The Morgan fingerprint density at radius 2 is 2.00 bits per heavy atom. The highest BCUT2D eigenvalue weighted by Crippen LogP contribution is 2.25. The molecule has 0 radical (unpaired) electrons. The number of hydrogen-bond donors (Lipinski definition) is 3. The van der Waals surface area contributed by atoms with Gasteiger partial charge >= 0.3 is 0 Å². The third-order valence-electron chi connectivity index (χ3n) is 3.57. The molecule has 1 aliphatic rings. The van der Waals surface area contributed by atoms with E-state index < -0.39 is 0 Å². The van der Waals surface area contributed by atoms with Crippen LogP contribution in [0, 0.1) is 0 Å². The van der Waals surface area contributed by atoms with E-state index >= 15 is 0 Å². The summed E-state index contributed by atoms with van der Waals surface area (Å²) in [5.74, 6) is 1.44. The van der Waals surface area contributed by atoms with E-state index in [4.69, 9.17) is 5.11 Å². The zero-order chi connectivity index (χ0) is 13.8. The quantitative estimate of drug-likeness (QED) is 0.776. The minimum Gasteiger partial charge on any atom is -0.395 e. The van der Waals surface area contributed by atoms with E-state index in [2.05, 4.69) is 30.2 Å². The summed E-state index contributed by atoms with van der Waals surface area (Å²) in [4.78, 5) is 18.6. The number of anilines is 2. The first-order valence-corrected chi connectivity index (χ1v) is 7.19. The Morgan fingerprint density at radius 3 is 2.75 bits per heavy atom. The molecule has 7 nitrogen and oxygen atoms in total. The largest absolute Gasteiger partial charge is 0.395 e. The lowest BCUT2D eigenvalue weighted by atomic mass is 10.2. The second-order valence-corrected chi connectivity index (χ2v) is 5.02. The number of aromatic nitrogens is 4. The molecule has 20 heavy (non-hydrogen) atoms. The van der Waals surface area contributed by atoms with Crippen LogP contribution in [0.4, 0.5) is 11.8 Å². The van der Waals surface area contributed by atoms with Gasteiger partial charge in [-0.2, -0.15) is 9.97 Å². The summed E-state index contributed by atoms with van der Waals surface area (Å²) in [6.45, 7) is 2.53. The van der Waals surface area contributed by atoms with Gasteiger partial charge in [-0.15, -0.1) is 0 Å². The van der Waals surface area contributed by atoms with Gasteiger partial charge in [-0.05, 0) is 12.8 Å². The normalized spacial score (nSPS) is 16.4. The summed E-state index contributed by atoms with van der Waals surface area (Å²) in [5, 5.41) is 11.9. The van der Waals surface area contributed by atoms with Crippen molar-refractivity contribution >= 4 is 22.9 Å². The molecule has 3 N–H and O–H groups in total. The van der Waals surface area contributed by atoms with E-state index in [1.807, 2.05) is 0 Å². The standard InChI is InChI=1S/C13H20N6O/c20-8-5-14-13-17-11-10(15-9-16-11)12(18-13)19-6-3-1-2-4-7-19/h9,20H,1-8H2,(H2,14,15,16,17,18). The number of hydrogen-bond acceptors (Lipinski definition) is 6. The fourth-order valence-electron chi connectivity index (χ4n) is 2.58. The zero-order valence-electron chi connectivity index (χ0n) is 11.5. The third-order valence-corrected chi connectivity index (χ3v) is 3.57. The summed E-state index contributed by atoms with van der Waals surface area (Å²) in [6.07, 6.45) is 6.60. The molecule has 0 spiro atoms. The summed E-state index contributed by atoms with van der Waals surface area (Å²) < 4.78 is 0. The first kappa shape index (κ1) is 13.1. The molecule has 3 rings (SSSR count). The van der Waals surface area contributed by atoms with E-state index in [0.29, 0.717) is 18.1 Å². The van der Waals surface area contributed by atoms with Crippen LogP contribution in [0.1, 0.15) is 25.7 Å². The highest BCUT2D eigenvalue weighted by molar-refractivity contribution is 5.84. The molecule has 0 unspecified atom stereocenters. The number of aliphatic hydroxyl groups is 1. The molecule has 0 atom stereocenters. The van der Waals surface area contributed by atoms with Gasteiger partial charge in [0.25, 0.3) is 0 Å². The predicted octanol–water partition coefficient (Wildman–Crippen LogP) is 1.14. The van der Waals surface area contributed by atoms with Crippen LogP contribution in [0.5, 0.6) is 0 Å². The Labute approximate surface area is 117 Å². The van der Waals surface area contributed by atoms with Crippen LogP contribution >= 0.6 is 0 Å². The van der Waals surface area contributed by atoms with Gasteiger partial charge in [-0.25, -0.2) is 4.98 Å². The number of fused-ring (bicyclic) bond motifs is 1. The Bertz CT molecular complexity index is 561. The number of aliphatic hydroxyl groups excluding tert-OH is 1. The van der Waals surface area contributed by atoms with Crippen LogP contribution in [0.15, 0.2) is 6.33 Å². The fraction of sp³-hybridized carbons (Fsp3) is 0.615. The van der Waals surface area contributed by atoms with Crippen molar-refractivity contribution in [3.8, 4) is 0 Å². The monoisotopic (exact) mass is 276 g/mol. The van der Waals surface area contributed by atoms with Crippen molar-refractivity contribution in [2.75, 3.05) is 36.5 Å². The average Bonchev–Trinajstić information content (AvgIpc) is 2.77. The van der Waals surface area contributed by atoms with Crippen LogP contribution in [-0.2, 0) is 0 Å². The Morgan fingerprint density at radius 1 is 1.20 bits per heavy atom. The van der Waals surface area contributed by atoms with Gasteiger partial charge in [0.05, 0.1) is 12.9 Å². The molecule has 0 amide bonds. The van der Waals surface area contributed by atoms with Crippen LogP contribution in [0.2, 0.25) is 0 Å². The maximum atomic E-state index is 8.91. The van der Waals surface area contributed by atoms with Crippen molar-refractivity contribution in [2.24, 2.45) is 0 Å². The van der Waals surface area contributed by atoms with Gasteiger partial charge in [-0.1, -0.05) is 12.8 Å². The maximum absolute atomic E-state index is 8.91. The topological polar surface area (TPSA) is 90.0 Å². The van der Waals surface area contributed by atoms with E-state index in [-0.39, 0.29) is 6.61 Å². The minimum absolute atomic E-state index is 0.0566. The highest BCUT2D eigenvalue weighted by Gasteiger charge is 2.17. The Balaban J connectivity index is 1.95. The average molecular weight is 276 g/mol. The molecule has 2 aromatic rings. The first-order valence-electron chi connectivity index (χ1n) is 7.19. The van der Waals surface area contributed by atoms with Crippen molar-refractivity contribution in [1.29, 1.82) is 0 Å². The third kappa shape index (κ3) is 2.67. The van der Waals surface area contributed by atoms with Crippen LogP contribution in [0.25, 0.3) is 11.2 Å². The van der Waals surface area contributed by atoms with E-state index in [9.17, 15) is 0 Å². The molecule has 1 saturated heterocycles. The molecule has 0 saturated carbocycles. The molecule has 0 aromatic carbocycles. The SMILES string of the molecule is OCCNc1nc(N2CCCCCC2)c2[nH]cnc2n1. The minimum atomic E-state index is 0.0566. The lowest BCUT2D eigenvalue weighted by molar-refractivity contribution is 0.311. The number of rotatable bonds is 4. The van der Waals surface area contributed by atoms with E-state index in [1.165, 1.54) is 25.7 Å².